The van der Waals surface area contributed by atoms with Crippen LogP contribution in [0.25, 0.3) is 0 Å². The lowest BCUT2D eigenvalue weighted by Crippen LogP contribution is -2.12. The largest absolute Gasteiger partial charge is 0.207 e. The third-order valence-electron chi connectivity index (χ3n) is 3.73. The molecule has 0 aromatic heterocycles. The van der Waals surface area contributed by atoms with Crippen molar-refractivity contribution in [1.82, 2.24) is 0 Å². The van der Waals surface area contributed by atoms with E-state index in [9.17, 15) is 8.78 Å². The Morgan fingerprint density at radius 2 is 1.94 bits per heavy atom. The molecular formula is C14H17ClF2. The lowest BCUT2D eigenvalue weighted by Gasteiger charge is -2.24. The van der Waals surface area contributed by atoms with Crippen molar-refractivity contribution < 1.29 is 8.78 Å². The first-order valence-corrected chi connectivity index (χ1v) is 6.37. The molecule has 0 fully saturated rings. The standard InChI is InChI=1S/C14H17ClF2/c1-8-11(16)6-12(17)9-4-5-14(2,3)7-10(15)13(8)9/h6,10H,4-5,7H2,1-3H3. The van der Waals surface area contributed by atoms with Crippen molar-refractivity contribution in [1.29, 1.82) is 0 Å². The molecule has 1 aromatic rings. The molecular weight excluding hydrogens is 242 g/mol. The van der Waals surface area contributed by atoms with E-state index in [0.717, 1.165) is 18.9 Å². The van der Waals surface area contributed by atoms with Crippen molar-refractivity contribution in [2.24, 2.45) is 5.41 Å². The molecule has 0 saturated carbocycles. The normalized spacial score (nSPS) is 23.1. The van der Waals surface area contributed by atoms with Gasteiger partial charge in [-0.05, 0) is 48.3 Å². The van der Waals surface area contributed by atoms with E-state index >= 15 is 0 Å². The number of fused-ring (bicyclic) bond motifs is 1. The highest BCUT2D eigenvalue weighted by Gasteiger charge is 2.31. The average Bonchev–Trinajstić information content (AvgIpc) is 2.31. The van der Waals surface area contributed by atoms with Crippen LogP contribution in [-0.2, 0) is 6.42 Å². The Morgan fingerprint density at radius 1 is 1.29 bits per heavy atom. The maximum Gasteiger partial charge on any atom is 0.129 e. The van der Waals surface area contributed by atoms with E-state index in [1.165, 1.54) is 0 Å². The van der Waals surface area contributed by atoms with Crippen molar-refractivity contribution in [2.75, 3.05) is 0 Å². The van der Waals surface area contributed by atoms with Crippen LogP contribution in [0.3, 0.4) is 0 Å². The quantitative estimate of drug-likeness (QED) is 0.458. The Morgan fingerprint density at radius 3 is 2.59 bits per heavy atom. The fourth-order valence-corrected chi connectivity index (χ4v) is 3.33. The molecule has 94 valence electrons. The summed E-state index contributed by atoms with van der Waals surface area (Å²) >= 11 is 6.35. The minimum absolute atomic E-state index is 0.0702. The minimum atomic E-state index is -0.494. The molecule has 0 amide bonds. The third-order valence-corrected chi connectivity index (χ3v) is 4.10. The van der Waals surface area contributed by atoms with Gasteiger partial charge in [0.05, 0.1) is 5.38 Å². The molecule has 0 aliphatic heterocycles. The van der Waals surface area contributed by atoms with Gasteiger partial charge in [-0.3, -0.25) is 0 Å². The van der Waals surface area contributed by atoms with Crippen molar-refractivity contribution >= 4 is 11.6 Å². The van der Waals surface area contributed by atoms with Crippen LogP contribution in [0, 0.1) is 24.0 Å². The molecule has 0 bridgehead atoms. The summed E-state index contributed by atoms with van der Waals surface area (Å²) in [4.78, 5) is 0. The van der Waals surface area contributed by atoms with E-state index in [1.807, 2.05) is 0 Å². The van der Waals surface area contributed by atoms with Crippen molar-refractivity contribution in [3.05, 3.63) is 34.4 Å². The Labute approximate surface area is 106 Å². The zero-order valence-corrected chi connectivity index (χ0v) is 11.2. The van der Waals surface area contributed by atoms with Crippen LogP contribution in [0.5, 0.6) is 0 Å². The van der Waals surface area contributed by atoms with Gasteiger partial charge < -0.3 is 0 Å². The predicted octanol–water partition coefficient (Wildman–Crippen LogP) is 4.92. The SMILES string of the molecule is Cc1c(F)cc(F)c2c1C(Cl)CC(C)(C)CC2. The zero-order chi connectivity index (χ0) is 12.8. The Kier molecular flexibility index (Phi) is 3.19. The molecule has 0 N–H and O–H groups in total. The third kappa shape index (κ3) is 2.33. The summed E-state index contributed by atoms with van der Waals surface area (Å²) in [7, 11) is 0. The van der Waals surface area contributed by atoms with Gasteiger partial charge in [0.15, 0.2) is 0 Å². The second-order valence-electron chi connectivity index (χ2n) is 5.69. The number of benzene rings is 1. The molecule has 3 heteroatoms. The summed E-state index contributed by atoms with van der Waals surface area (Å²) in [5, 5.41) is -0.298. The molecule has 0 nitrogen and oxygen atoms in total. The van der Waals surface area contributed by atoms with Crippen LogP contribution in [0.4, 0.5) is 8.78 Å². The first kappa shape index (κ1) is 12.8. The molecule has 0 saturated heterocycles. The molecule has 0 radical (unpaired) electrons. The van der Waals surface area contributed by atoms with Crippen molar-refractivity contribution in [3.63, 3.8) is 0 Å². The number of rotatable bonds is 0. The number of alkyl halides is 1. The van der Waals surface area contributed by atoms with Gasteiger partial charge in [-0.1, -0.05) is 13.8 Å². The van der Waals surface area contributed by atoms with Gasteiger partial charge in [-0.25, -0.2) is 8.78 Å². The molecule has 17 heavy (non-hydrogen) atoms. The number of halogens is 3. The van der Waals surface area contributed by atoms with Gasteiger partial charge in [-0.15, -0.1) is 11.6 Å². The van der Waals surface area contributed by atoms with Gasteiger partial charge in [0.2, 0.25) is 0 Å². The lowest BCUT2D eigenvalue weighted by atomic mass is 9.84. The molecule has 2 rings (SSSR count). The highest BCUT2D eigenvalue weighted by Crippen LogP contribution is 2.44. The van der Waals surface area contributed by atoms with E-state index in [2.05, 4.69) is 13.8 Å². The van der Waals surface area contributed by atoms with E-state index < -0.39 is 11.6 Å². The van der Waals surface area contributed by atoms with Crippen LogP contribution in [0.2, 0.25) is 0 Å². The zero-order valence-electron chi connectivity index (χ0n) is 10.4. The van der Waals surface area contributed by atoms with Crippen LogP contribution >= 0.6 is 11.6 Å². The summed E-state index contributed by atoms with van der Waals surface area (Å²) in [5.41, 5.74) is 1.85. The molecule has 1 aromatic carbocycles. The van der Waals surface area contributed by atoms with Crippen LogP contribution in [0.15, 0.2) is 6.07 Å². The molecule has 1 aliphatic carbocycles. The number of hydrogen-bond acceptors (Lipinski definition) is 0. The monoisotopic (exact) mass is 258 g/mol. The summed E-state index contributed by atoms with van der Waals surface area (Å²) in [5.74, 6) is -0.946. The van der Waals surface area contributed by atoms with Gasteiger partial charge in [0.1, 0.15) is 11.6 Å². The lowest BCUT2D eigenvalue weighted by molar-refractivity contribution is 0.313. The number of hydrogen-bond donors (Lipinski definition) is 0. The van der Waals surface area contributed by atoms with Crippen LogP contribution in [-0.4, -0.2) is 0 Å². The Bertz CT molecular complexity index is 452. The fourth-order valence-electron chi connectivity index (χ4n) is 2.62. The Balaban J connectivity index is 2.59. The van der Waals surface area contributed by atoms with Crippen molar-refractivity contribution in [3.8, 4) is 0 Å². The second kappa shape index (κ2) is 4.24. The highest BCUT2D eigenvalue weighted by molar-refractivity contribution is 6.21. The molecule has 1 atom stereocenters. The van der Waals surface area contributed by atoms with Gasteiger partial charge in [0, 0.05) is 6.07 Å². The second-order valence-corrected chi connectivity index (χ2v) is 6.22. The van der Waals surface area contributed by atoms with E-state index in [4.69, 9.17) is 11.6 Å². The molecule has 1 unspecified atom stereocenters. The van der Waals surface area contributed by atoms with Crippen molar-refractivity contribution in [2.45, 2.75) is 45.4 Å². The maximum atomic E-state index is 13.8. The fraction of sp³-hybridized carbons (Fsp3) is 0.571. The molecule has 1 aliphatic rings. The van der Waals surface area contributed by atoms with Gasteiger partial charge >= 0.3 is 0 Å². The van der Waals surface area contributed by atoms with Crippen LogP contribution in [0.1, 0.15) is 48.8 Å². The molecule has 0 spiro atoms. The Hall–Kier alpha value is -0.630. The van der Waals surface area contributed by atoms with Crippen LogP contribution < -0.4 is 0 Å². The smallest absolute Gasteiger partial charge is 0.129 e. The van der Waals surface area contributed by atoms with Gasteiger partial charge in [-0.2, -0.15) is 0 Å². The van der Waals surface area contributed by atoms with E-state index in [-0.39, 0.29) is 10.8 Å². The summed E-state index contributed by atoms with van der Waals surface area (Å²) in [6.07, 6.45) is 2.27. The highest BCUT2D eigenvalue weighted by atomic mass is 35.5. The average molecular weight is 259 g/mol. The van der Waals surface area contributed by atoms with E-state index in [0.29, 0.717) is 23.1 Å². The van der Waals surface area contributed by atoms with Gasteiger partial charge in [0.25, 0.3) is 0 Å². The van der Waals surface area contributed by atoms with E-state index in [1.54, 1.807) is 6.92 Å². The summed E-state index contributed by atoms with van der Waals surface area (Å²) < 4.78 is 27.4. The summed E-state index contributed by atoms with van der Waals surface area (Å²) in [6.45, 7) is 5.93. The molecule has 0 heterocycles. The minimum Gasteiger partial charge on any atom is -0.207 e. The first-order valence-electron chi connectivity index (χ1n) is 5.93. The topological polar surface area (TPSA) is 0 Å². The predicted molar refractivity (Wildman–Crippen MR) is 66.4 cm³/mol. The summed E-state index contributed by atoms with van der Waals surface area (Å²) in [6, 6.07) is 0.982. The first-order chi connectivity index (χ1) is 7.82. The maximum absolute atomic E-state index is 13.8.